The van der Waals surface area contributed by atoms with Crippen LogP contribution in [-0.2, 0) is 4.79 Å². The first-order valence-corrected chi connectivity index (χ1v) is 7.61. The molecule has 1 N–H and O–H groups in total. The third-order valence-corrected chi connectivity index (χ3v) is 3.67. The van der Waals surface area contributed by atoms with Crippen molar-refractivity contribution in [1.29, 1.82) is 0 Å². The van der Waals surface area contributed by atoms with Crippen molar-refractivity contribution >= 4 is 12.0 Å². The van der Waals surface area contributed by atoms with E-state index in [9.17, 15) is 4.79 Å². The number of piperidine rings is 1. The highest BCUT2D eigenvalue weighted by molar-refractivity contribution is 5.87. The van der Waals surface area contributed by atoms with Crippen LogP contribution in [0.3, 0.4) is 0 Å². The fraction of sp³-hybridized carbons (Fsp3) is 0.353. The number of hydrogen-bond acceptors (Lipinski definition) is 4. The molecule has 1 aromatic rings. The van der Waals surface area contributed by atoms with E-state index in [4.69, 9.17) is 9.47 Å². The molecule has 0 aromatic heterocycles. The van der Waals surface area contributed by atoms with Crippen molar-refractivity contribution in [2.24, 2.45) is 0 Å². The van der Waals surface area contributed by atoms with Gasteiger partial charge in [-0.05, 0) is 30.5 Å². The number of ether oxygens (including phenoxy) is 2. The van der Waals surface area contributed by atoms with Crippen molar-refractivity contribution in [3.05, 3.63) is 42.0 Å². The molecule has 0 bridgehead atoms. The number of amides is 1. The summed E-state index contributed by atoms with van der Waals surface area (Å²) in [6, 6.07) is 5.75. The number of hydrazine groups is 1. The number of nitrogens with one attached hydrogen (secondary N) is 1. The van der Waals surface area contributed by atoms with Crippen molar-refractivity contribution in [3.63, 3.8) is 0 Å². The van der Waals surface area contributed by atoms with Crippen LogP contribution in [0.15, 0.2) is 36.4 Å². The third-order valence-electron chi connectivity index (χ3n) is 3.67. The van der Waals surface area contributed by atoms with Crippen LogP contribution >= 0.6 is 0 Å². The van der Waals surface area contributed by atoms with Gasteiger partial charge in [0.1, 0.15) is 0 Å². The minimum atomic E-state index is -0.0859. The molecule has 22 heavy (non-hydrogen) atoms. The van der Waals surface area contributed by atoms with E-state index in [0.29, 0.717) is 0 Å². The first-order chi connectivity index (χ1) is 10.8. The van der Waals surface area contributed by atoms with Crippen molar-refractivity contribution in [2.75, 3.05) is 19.9 Å². The monoisotopic (exact) mass is 300 g/mol. The summed E-state index contributed by atoms with van der Waals surface area (Å²) in [4.78, 5) is 11.8. The molecule has 5 nitrogen and oxygen atoms in total. The van der Waals surface area contributed by atoms with E-state index in [1.165, 1.54) is 12.5 Å². The van der Waals surface area contributed by atoms with Crippen LogP contribution in [-0.4, -0.2) is 30.8 Å². The molecular weight excluding hydrogens is 280 g/mol. The molecule has 0 aliphatic carbocycles. The highest BCUT2D eigenvalue weighted by Gasteiger charge is 2.12. The van der Waals surface area contributed by atoms with Crippen LogP contribution in [0.4, 0.5) is 0 Å². The molecule has 1 saturated heterocycles. The van der Waals surface area contributed by atoms with Crippen molar-refractivity contribution in [3.8, 4) is 11.5 Å². The van der Waals surface area contributed by atoms with Crippen LogP contribution in [0.1, 0.15) is 24.8 Å². The van der Waals surface area contributed by atoms with Gasteiger partial charge in [-0.1, -0.05) is 30.7 Å². The normalized spacial score (nSPS) is 18.2. The molecule has 1 aromatic carbocycles. The van der Waals surface area contributed by atoms with Crippen LogP contribution < -0.4 is 14.9 Å². The van der Waals surface area contributed by atoms with Gasteiger partial charge in [-0.3, -0.25) is 10.2 Å². The molecule has 0 unspecified atom stereocenters. The largest absolute Gasteiger partial charge is 0.454 e. The van der Waals surface area contributed by atoms with E-state index in [2.05, 4.69) is 5.43 Å². The zero-order valence-electron chi connectivity index (χ0n) is 12.5. The zero-order chi connectivity index (χ0) is 15.2. The minimum absolute atomic E-state index is 0.0859. The second-order valence-corrected chi connectivity index (χ2v) is 5.35. The molecule has 0 atom stereocenters. The molecule has 0 spiro atoms. The van der Waals surface area contributed by atoms with Gasteiger partial charge in [0.05, 0.1) is 0 Å². The number of carbonyl (C=O) groups is 1. The molecular formula is C17H20N2O3. The van der Waals surface area contributed by atoms with Gasteiger partial charge < -0.3 is 9.47 Å². The smallest absolute Gasteiger partial charge is 0.258 e. The van der Waals surface area contributed by atoms with Gasteiger partial charge in [0.15, 0.2) is 11.5 Å². The van der Waals surface area contributed by atoms with Crippen LogP contribution in [0, 0.1) is 0 Å². The first-order valence-electron chi connectivity index (χ1n) is 7.61. The molecule has 116 valence electrons. The van der Waals surface area contributed by atoms with Crippen molar-refractivity contribution in [2.45, 2.75) is 19.3 Å². The fourth-order valence-electron chi connectivity index (χ4n) is 2.53. The van der Waals surface area contributed by atoms with Gasteiger partial charge in [-0.25, -0.2) is 5.01 Å². The summed E-state index contributed by atoms with van der Waals surface area (Å²) in [5.74, 6) is 1.44. The van der Waals surface area contributed by atoms with Crippen LogP contribution in [0.2, 0.25) is 0 Å². The topological polar surface area (TPSA) is 50.8 Å². The van der Waals surface area contributed by atoms with E-state index in [1.54, 1.807) is 6.08 Å². The number of allylic oxidation sites excluding steroid dienone is 2. The number of benzene rings is 1. The average Bonchev–Trinajstić information content (AvgIpc) is 3.00. The summed E-state index contributed by atoms with van der Waals surface area (Å²) in [5, 5.41) is 1.98. The predicted octanol–water partition coefficient (Wildman–Crippen LogP) is 2.50. The molecule has 5 heteroatoms. The first kappa shape index (κ1) is 14.7. The fourth-order valence-corrected chi connectivity index (χ4v) is 2.53. The van der Waals surface area contributed by atoms with Crippen molar-refractivity contribution in [1.82, 2.24) is 10.4 Å². The SMILES string of the molecule is O=C(/C=C/C=C/c1ccc2c(c1)OCO2)NN1CCCCC1. The molecule has 2 aliphatic rings. The molecule has 0 saturated carbocycles. The summed E-state index contributed by atoms with van der Waals surface area (Å²) in [6.07, 6.45) is 10.6. The van der Waals surface area contributed by atoms with E-state index in [1.807, 2.05) is 35.4 Å². The number of nitrogens with zero attached hydrogens (tertiary/aromatic N) is 1. The van der Waals surface area contributed by atoms with Crippen LogP contribution in [0.5, 0.6) is 11.5 Å². The highest BCUT2D eigenvalue weighted by Crippen LogP contribution is 2.32. The Labute approximate surface area is 130 Å². The Bertz CT molecular complexity index is 590. The van der Waals surface area contributed by atoms with Crippen LogP contribution in [0.25, 0.3) is 6.08 Å². The lowest BCUT2D eigenvalue weighted by Gasteiger charge is -2.26. The maximum absolute atomic E-state index is 11.8. The number of fused-ring (bicyclic) bond motifs is 1. The Hall–Kier alpha value is -2.27. The zero-order valence-corrected chi connectivity index (χ0v) is 12.5. The lowest BCUT2D eigenvalue weighted by molar-refractivity contribution is -0.121. The molecule has 0 radical (unpaired) electrons. The summed E-state index contributed by atoms with van der Waals surface area (Å²) in [5.41, 5.74) is 3.89. The lowest BCUT2D eigenvalue weighted by atomic mass is 10.2. The predicted molar refractivity (Wildman–Crippen MR) is 84.3 cm³/mol. The number of rotatable bonds is 4. The second-order valence-electron chi connectivity index (χ2n) is 5.35. The van der Waals surface area contributed by atoms with Gasteiger partial charge in [-0.2, -0.15) is 0 Å². The Kier molecular flexibility index (Phi) is 4.75. The molecule has 3 rings (SSSR count). The number of hydrogen-bond donors (Lipinski definition) is 1. The summed E-state index contributed by atoms with van der Waals surface area (Å²) >= 11 is 0. The van der Waals surface area contributed by atoms with E-state index in [0.717, 1.165) is 43.0 Å². The molecule has 2 aliphatic heterocycles. The number of carbonyl (C=O) groups excluding carboxylic acids is 1. The Morgan fingerprint density at radius 3 is 2.77 bits per heavy atom. The minimum Gasteiger partial charge on any atom is -0.454 e. The summed E-state index contributed by atoms with van der Waals surface area (Å²) in [7, 11) is 0. The van der Waals surface area contributed by atoms with E-state index < -0.39 is 0 Å². The quantitative estimate of drug-likeness (QED) is 0.685. The maximum atomic E-state index is 11.8. The lowest BCUT2D eigenvalue weighted by Crippen LogP contribution is -2.44. The Morgan fingerprint density at radius 2 is 1.91 bits per heavy atom. The molecule has 2 heterocycles. The van der Waals surface area contributed by atoms with Gasteiger partial charge in [-0.15, -0.1) is 0 Å². The summed E-state index contributed by atoms with van der Waals surface area (Å²) < 4.78 is 10.6. The molecule has 1 amide bonds. The highest BCUT2D eigenvalue weighted by atomic mass is 16.7. The van der Waals surface area contributed by atoms with Gasteiger partial charge in [0.2, 0.25) is 6.79 Å². The second kappa shape index (κ2) is 7.13. The Morgan fingerprint density at radius 1 is 1.09 bits per heavy atom. The van der Waals surface area contributed by atoms with E-state index in [-0.39, 0.29) is 12.7 Å². The van der Waals surface area contributed by atoms with Crippen molar-refractivity contribution < 1.29 is 14.3 Å². The van der Waals surface area contributed by atoms with Gasteiger partial charge in [0, 0.05) is 19.2 Å². The third kappa shape index (κ3) is 3.89. The van der Waals surface area contributed by atoms with Gasteiger partial charge in [0.25, 0.3) is 5.91 Å². The van der Waals surface area contributed by atoms with Gasteiger partial charge >= 0.3 is 0 Å². The Balaban J connectivity index is 1.49. The molecule has 1 fully saturated rings. The maximum Gasteiger partial charge on any atom is 0.258 e. The average molecular weight is 300 g/mol. The van der Waals surface area contributed by atoms with E-state index >= 15 is 0 Å². The standard InChI is InChI=1S/C17H20N2O3/c20-17(18-19-10-4-1-5-11-19)7-3-2-6-14-8-9-15-16(12-14)22-13-21-15/h2-3,6-9,12H,1,4-5,10-11,13H2,(H,18,20)/b6-2+,7-3+. The summed E-state index contributed by atoms with van der Waals surface area (Å²) in [6.45, 7) is 2.15.